The molecule has 1 heterocycles. The maximum absolute atomic E-state index is 12.7. The highest BCUT2D eigenvalue weighted by Gasteiger charge is 2.32. The summed E-state index contributed by atoms with van der Waals surface area (Å²) in [5.74, 6) is 0.0856. The fourth-order valence-corrected chi connectivity index (χ4v) is 4.57. The number of quaternary nitrogens is 1. The van der Waals surface area contributed by atoms with Crippen LogP contribution in [0.4, 0.5) is 0 Å². The Bertz CT molecular complexity index is 686. The van der Waals surface area contributed by atoms with Crippen LogP contribution in [0.25, 0.3) is 0 Å². The van der Waals surface area contributed by atoms with Gasteiger partial charge in [-0.3, -0.25) is 4.79 Å². The molecule has 1 N–H and O–H groups in total. The minimum Gasteiger partial charge on any atom is -0.338 e. The minimum atomic E-state index is -3.58. The molecule has 0 unspecified atom stereocenters. The van der Waals surface area contributed by atoms with Gasteiger partial charge in [0.2, 0.25) is 10.0 Å². The molecule has 2 rings (SSSR count). The monoisotopic (exact) mass is 374 g/mol. The number of halogens is 1. The summed E-state index contributed by atoms with van der Waals surface area (Å²) in [6, 6.07) is 6.65. The number of nitrogens with zero attached hydrogens (tertiary/aromatic N) is 2. The van der Waals surface area contributed by atoms with Gasteiger partial charge in [-0.25, -0.2) is 8.42 Å². The number of rotatable bonds is 5. The molecule has 24 heavy (non-hydrogen) atoms. The van der Waals surface area contributed by atoms with Crippen LogP contribution in [0.2, 0.25) is 5.02 Å². The molecule has 0 bridgehead atoms. The number of carbonyl (C=O) groups excluding carboxylic acids is 1. The molecule has 0 aliphatic carbocycles. The van der Waals surface area contributed by atoms with E-state index in [1.807, 2.05) is 13.8 Å². The molecule has 0 spiro atoms. The first-order valence-electron chi connectivity index (χ1n) is 8.07. The quantitative estimate of drug-likeness (QED) is 0.795. The van der Waals surface area contributed by atoms with Gasteiger partial charge in [-0.2, -0.15) is 4.31 Å². The summed E-state index contributed by atoms with van der Waals surface area (Å²) in [5.41, 5.74) is 0. The van der Waals surface area contributed by atoms with Crippen molar-refractivity contribution in [3.63, 3.8) is 0 Å². The van der Waals surface area contributed by atoms with Gasteiger partial charge in [-0.05, 0) is 26.0 Å². The number of nitrogens with one attached hydrogen (secondary N) is 1. The van der Waals surface area contributed by atoms with Crippen molar-refractivity contribution in [2.24, 2.45) is 0 Å². The first-order chi connectivity index (χ1) is 11.2. The largest absolute Gasteiger partial charge is 0.338 e. The fourth-order valence-electron chi connectivity index (χ4n) is 2.64. The third kappa shape index (κ3) is 4.27. The SMILES string of the molecule is CC(C)N(C)C(=O)C[NH+]1CCN(S(=O)(=O)c2ccccc2Cl)CC1. The third-order valence-electron chi connectivity index (χ3n) is 4.45. The fraction of sp³-hybridized carbons (Fsp3) is 0.562. The maximum Gasteiger partial charge on any atom is 0.277 e. The second-order valence-corrected chi connectivity index (χ2v) is 8.67. The summed E-state index contributed by atoms with van der Waals surface area (Å²) in [5, 5.41) is 0.237. The van der Waals surface area contributed by atoms with Gasteiger partial charge >= 0.3 is 0 Å². The van der Waals surface area contributed by atoms with E-state index in [0.29, 0.717) is 32.7 Å². The topological polar surface area (TPSA) is 62.1 Å². The van der Waals surface area contributed by atoms with Crippen LogP contribution in [-0.4, -0.2) is 69.3 Å². The molecule has 134 valence electrons. The lowest BCUT2D eigenvalue weighted by Crippen LogP contribution is -3.15. The molecule has 0 saturated carbocycles. The van der Waals surface area contributed by atoms with Crippen LogP contribution in [0.15, 0.2) is 29.2 Å². The summed E-state index contributed by atoms with van der Waals surface area (Å²) in [6.45, 7) is 6.35. The van der Waals surface area contributed by atoms with Crippen LogP contribution in [0.1, 0.15) is 13.8 Å². The number of hydrogen-bond acceptors (Lipinski definition) is 3. The number of likely N-dealkylation sites (N-methyl/N-ethyl adjacent to an activating group) is 1. The first kappa shape index (κ1) is 19.2. The van der Waals surface area contributed by atoms with Crippen LogP contribution in [0, 0.1) is 0 Å². The van der Waals surface area contributed by atoms with Gasteiger partial charge in [0.1, 0.15) is 4.90 Å². The normalized spacial score (nSPS) is 17.2. The Morgan fingerprint density at radius 3 is 2.42 bits per heavy atom. The number of sulfonamides is 1. The predicted molar refractivity (Wildman–Crippen MR) is 93.7 cm³/mol. The van der Waals surface area contributed by atoms with Crippen LogP contribution in [0.3, 0.4) is 0 Å². The third-order valence-corrected chi connectivity index (χ3v) is 6.85. The molecular formula is C16H25ClN3O3S+. The summed E-state index contributed by atoms with van der Waals surface area (Å²) < 4.78 is 26.8. The standard InChI is InChI=1S/C16H24ClN3O3S/c1-13(2)18(3)16(21)12-19-8-10-20(11-9-19)24(22,23)15-7-5-4-6-14(15)17/h4-7,13H,8-12H2,1-3H3/p+1. The highest BCUT2D eigenvalue weighted by molar-refractivity contribution is 7.89. The van der Waals surface area contributed by atoms with Crippen molar-refractivity contribution >= 4 is 27.5 Å². The molecule has 1 aliphatic rings. The average Bonchev–Trinajstić information content (AvgIpc) is 2.54. The lowest BCUT2D eigenvalue weighted by atomic mass is 10.3. The van der Waals surface area contributed by atoms with E-state index in [4.69, 9.17) is 11.6 Å². The zero-order chi connectivity index (χ0) is 17.9. The Morgan fingerprint density at radius 1 is 1.29 bits per heavy atom. The van der Waals surface area contributed by atoms with Crippen molar-refractivity contribution in [3.8, 4) is 0 Å². The Kier molecular flexibility index (Phi) is 6.25. The van der Waals surface area contributed by atoms with E-state index in [9.17, 15) is 13.2 Å². The van der Waals surface area contributed by atoms with Crippen LogP contribution in [0.5, 0.6) is 0 Å². The molecule has 0 aromatic heterocycles. The Hall–Kier alpha value is -1.15. The van der Waals surface area contributed by atoms with Crippen LogP contribution >= 0.6 is 11.6 Å². The van der Waals surface area contributed by atoms with Gasteiger partial charge in [0, 0.05) is 13.1 Å². The van der Waals surface area contributed by atoms with E-state index in [-0.39, 0.29) is 21.9 Å². The summed E-state index contributed by atoms with van der Waals surface area (Å²) in [4.78, 5) is 15.1. The molecule has 1 aliphatic heterocycles. The second kappa shape index (κ2) is 7.82. The van der Waals surface area contributed by atoms with E-state index in [1.165, 1.54) is 10.4 Å². The van der Waals surface area contributed by atoms with Gasteiger partial charge in [0.25, 0.3) is 5.91 Å². The van der Waals surface area contributed by atoms with E-state index in [0.717, 1.165) is 4.90 Å². The number of carbonyl (C=O) groups is 1. The molecule has 6 nitrogen and oxygen atoms in total. The molecule has 1 saturated heterocycles. The smallest absolute Gasteiger partial charge is 0.277 e. The summed E-state index contributed by atoms with van der Waals surface area (Å²) in [7, 11) is -1.79. The molecule has 1 aromatic carbocycles. The zero-order valence-corrected chi connectivity index (χ0v) is 15.9. The molecule has 8 heteroatoms. The van der Waals surface area contributed by atoms with E-state index in [2.05, 4.69) is 0 Å². The van der Waals surface area contributed by atoms with Crippen molar-refractivity contribution in [3.05, 3.63) is 29.3 Å². The maximum atomic E-state index is 12.7. The van der Waals surface area contributed by atoms with Crippen LogP contribution < -0.4 is 4.90 Å². The van der Waals surface area contributed by atoms with Gasteiger partial charge in [0.15, 0.2) is 6.54 Å². The highest BCUT2D eigenvalue weighted by Crippen LogP contribution is 2.23. The number of hydrogen-bond donors (Lipinski definition) is 1. The predicted octanol–water partition coefficient (Wildman–Crippen LogP) is 0.0960. The first-order valence-corrected chi connectivity index (χ1v) is 9.89. The Labute approximate surface area is 149 Å². The van der Waals surface area contributed by atoms with Crippen molar-refractivity contribution < 1.29 is 18.1 Å². The minimum absolute atomic E-state index is 0.0856. The summed E-state index contributed by atoms with van der Waals surface area (Å²) >= 11 is 6.03. The highest BCUT2D eigenvalue weighted by atomic mass is 35.5. The molecule has 1 aromatic rings. The molecule has 0 radical (unpaired) electrons. The number of amides is 1. The van der Waals surface area contributed by atoms with Gasteiger partial charge in [0.05, 0.1) is 31.2 Å². The van der Waals surface area contributed by atoms with Crippen LogP contribution in [-0.2, 0) is 14.8 Å². The molecule has 1 fully saturated rings. The lowest BCUT2D eigenvalue weighted by molar-refractivity contribution is -0.896. The molecular weight excluding hydrogens is 350 g/mol. The summed E-state index contributed by atoms with van der Waals surface area (Å²) in [6.07, 6.45) is 0. The van der Waals surface area contributed by atoms with Gasteiger partial charge in [-0.15, -0.1) is 0 Å². The van der Waals surface area contributed by atoms with E-state index < -0.39 is 10.0 Å². The average molecular weight is 375 g/mol. The van der Waals surface area contributed by atoms with E-state index >= 15 is 0 Å². The van der Waals surface area contributed by atoms with Crippen molar-refractivity contribution in [2.75, 3.05) is 39.8 Å². The number of piperazine rings is 1. The Morgan fingerprint density at radius 2 is 1.88 bits per heavy atom. The van der Waals surface area contributed by atoms with Gasteiger partial charge < -0.3 is 9.80 Å². The zero-order valence-electron chi connectivity index (χ0n) is 14.3. The molecule has 1 amide bonds. The number of benzene rings is 1. The van der Waals surface area contributed by atoms with Crippen molar-refractivity contribution in [1.29, 1.82) is 0 Å². The van der Waals surface area contributed by atoms with E-state index in [1.54, 1.807) is 30.1 Å². The lowest BCUT2D eigenvalue weighted by Gasteiger charge is -2.32. The van der Waals surface area contributed by atoms with Gasteiger partial charge in [-0.1, -0.05) is 23.7 Å². The molecule has 0 atom stereocenters. The Balaban J connectivity index is 1.98. The second-order valence-electron chi connectivity index (χ2n) is 6.36. The van der Waals surface area contributed by atoms with Crippen molar-refractivity contribution in [2.45, 2.75) is 24.8 Å². The van der Waals surface area contributed by atoms with Crippen molar-refractivity contribution in [1.82, 2.24) is 9.21 Å².